The van der Waals surface area contributed by atoms with E-state index in [9.17, 15) is 0 Å². The van der Waals surface area contributed by atoms with E-state index in [1.54, 1.807) is 0 Å². The summed E-state index contributed by atoms with van der Waals surface area (Å²) in [6.07, 6.45) is 2.98. The molecule has 0 fully saturated rings. The fraction of sp³-hybridized carbons (Fsp3) is 0.273. The summed E-state index contributed by atoms with van der Waals surface area (Å²) >= 11 is 0. The van der Waals surface area contributed by atoms with E-state index in [1.807, 2.05) is 13.0 Å². The summed E-state index contributed by atoms with van der Waals surface area (Å²) < 4.78 is 5.65. The average Bonchev–Trinajstić information content (AvgIpc) is 2.49. The maximum absolute atomic E-state index is 5.65. The third-order valence-corrected chi connectivity index (χ3v) is 2.21. The van der Waals surface area contributed by atoms with Crippen molar-refractivity contribution in [3.8, 4) is 5.75 Å². The Kier molecular flexibility index (Phi) is 1.65. The largest absolute Gasteiger partial charge is 0.461 e. The lowest BCUT2D eigenvalue weighted by atomic mass is 10.1. The Morgan fingerprint density at radius 3 is 2.92 bits per heavy atom. The van der Waals surface area contributed by atoms with Crippen LogP contribution in [0.25, 0.3) is 0 Å². The minimum Gasteiger partial charge on any atom is -0.461 e. The molecule has 0 bridgehead atoms. The number of allylic oxidation sites excluding steroid dienone is 2. The Morgan fingerprint density at radius 1 is 1.42 bits per heavy atom. The van der Waals surface area contributed by atoms with Gasteiger partial charge in [-0.2, -0.15) is 0 Å². The van der Waals surface area contributed by atoms with Gasteiger partial charge in [-0.05, 0) is 25.5 Å². The number of rotatable bonds is 0. The Bertz CT molecular complexity index is 337. The average molecular weight is 160 g/mol. The van der Waals surface area contributed by atoms with Crippen molar-refractivity contribution in [2.24, 2.45) is 0 Å². The molecule has 0 aliphatic carbocycles. The van der Waals surface area contributed by atoms with Gasteiger partial charge in [0.2, 0.25) is 0 Å². The summed E-state index contributed by atoms with van der Waals surface area (Å²) in [7, 11) is 0. The van der Waals surface area contributed by atoms with Crippen LogP contribution in [0.1, 0.15) is 18.1 Å². The molecule has 1 aromatic carbocycles. The highest BCUT2D eigenvalue weighted by Crippen LogP contribution is 2.33. The molecule has 0 radical (unpaired) electrons. The van der Waals surface area contributed by atoms with Crippen LogP contribution >= 0.6 is 0 Å². The monoisotopic (exact) mass is 160 g/mol. The standard InChI is InChI=1S/C11H12O/c1-3-10-7-9-6-4-5-8(2)11(9)12-10/h3-6H,7H2,1-2H3/b10-3+. The topological polar surface area (TPSA) is 9.23 Å². The third-order valence-electron chi connectivity index (χ3n) is 2.21. The molecule has 0 aromatic heterocycles. The SMILES string of the molecule is C/C=C1\Cc2cccc(C)c2O1. The number of para-hydroxylation sites is 1. The van der Waals surface area contributed by atoms with Crippen LogP contribution in [0.3, 0.4) is 0 Å². The van der Waals surface area contributed by atoms with E-state index in [-0.39, 0.29) is 0 Å². The van der Waals surface area contributed by atoms with E-state index in [4.69, 9.17) is 4.74 Å². The Labute approximate surface area is 72.7 Å². The normalized spacial score (nSPS) is 17.7. The molecule has 2 rings (SSSR count). The summed E-state index contributed by atoms with van der Waals surface area (Å²) in [4.78, 5) is 0. The van der Waals surface area contributed by atoms with Gasteiger partial charge >= 0.3 is 0 Å². The van der Waals surface area contributed by atoms with E-state index in [0.717, 1.165) is 17.9 Å². The Hall–Kier alpha value is -1.24. The van der Waals surface area contributed by atoms with Gasteiger partial charge in [0.25, 0.3) is 0 Å². The first-order chi connectivity index (χ1) is 5.81. The summed E-state index contributed by atoms with van der Waals surface area (Å²) in [5.41, 5.74) is 2.53. The van der Waals surface area contributed by atoms with Gasteiger partial charge in [0.1, 0.15) is 11.5 Å². The van der Waals surface area contributed by atoms with Gasteiger partial charge in [-0.25, -0.2) is 0 Å². The third kappa shape index (κ3) is 1.02. The number of ether oxygens (including phenoxy) is 1. The van der Waals surface area contributed by atoms with E-state index in [0.29, 0.717) is 0 Å². The maximum atomic E-state index is 5.65. The Balaban J connectivity index is 2.48. The second-order valence-corrected chi connectivity index (χ2v) is 3.10. The molecule has 0 N–H and O–H groups in total. The lowest BCUT2D eigenvalue weighted by Gasteiger charge is -2.01. The Morgan fingerprint density at radius 2 is 2.25 bits per heavy atom. The molecule has 1 aliphatic rings. The number of fused-ring (bicyclic) bond motifs is 1. The van der Waals surface area contributed by atoms with Crippen molar-refractivity contribution >= 4 is 0 Å². The first kappa shape index (κ1) is 7.41. The molecule has 0 saturated heterocycles. The highest BCUT2D eigenvalue weighted by atomic mass is 16.5. The fourth-order valence-electron chi connectivity index (χ4n) is 1.51. The zero-order valence-electron chi connectivity index (χ0n) is 7.42. The predicted octanol–water partition coefficient (Wildman–Crippen LogP) is 2.83. The summed E-state index contributed by atoms with van der Waals surface area (Å²) in [6, 6.07) is 6.28. The van der Waals surface area contributed by atoms with Gasteiger partial charge in [-0.1, -0.05) is 18.2 Å². The second kappa shape index (κ2) is 2.67. The summed E-state index contributed by atoms with van der Waals surface area (Å²) in [5, 5.41) is 0. The summed E-state index contributed by atoms with van der Waals surface area (Å²) in [6.45, 7) is 4.09. The van der Waals surface area contributed by atoms with Crippen LogP contribution in [0, 0.1) is 6.92 Å². The van der Waals surface area contributed by atoms with Crippen LogP contribution in [0.5, 0.6) is 5.75 Å². The van der Waals surface area contributed by atoms with Crippen molar-refractivity contribution < 1.29 is 4.74 Å². The molecule has 1 aromatic rings. The second-order valence-electron chi connectivity index (χ2n) is 3.10. The van der Waals surface area contributed by atoms with Crippen molar-refractivity contribution in [3.05, 3.63) is 41.2 Å². The van der Waals surface area contributed by atoms with Crippen LogP contribution < -0.4 is 4.74 Å². The van der Waals surface area contributed by atoms with Gasteiger partial charge in [-0.3, -0.25) is 0 Å². The quantitative estimate of drug-likeness (QED) is 0.567. The highest BCUT2D eigenvalue weighted by Gasteiger charge is 2.17. The lowest BCUT2D eigenvalue weighted by molar-refractivity contribution is 0.442. The molecule has 12 heavy (non-hydrogen) atoms. The van der Waals surface area contributed by atoms with Crippen LogP contribution in [-0.4, -0.2) is 0 Å². The fourth-order valence-corrected chi connectivity index (χ4v) is 1.51. The van der Waals surface area contributed by atoms with Gasteiger partial charge < -0.3 is 4.74 Å². The molecule has 0 saturated carbocycles. The minimum atomic E-state index is 0.952. The van der Waals surface area contributed by atoms with E-state index >= 15 is 0 Å². The van der Waals surface area contributed by atoms with Crippen LogP contribution in [0.2, 0.25) is 0 Å². The molecule has 62 valence electrons. The van der Waals surface area contributed by atoms with Crippen molar-refractivity contribution in [1.82, 2.24) is 0 Å². The number of hydrogen-bond donors (Lipinski definition) is 0. The van der Waals surface area contributed by atoms with Gasteiger partial charge in [0.15, 0.2) is 0 Å². The molecule has 0 unspecified atom stereocenters. The van der Waals surface area contributed by atoms with Gasteiger partial charge in [0.05, 0.1) is 0 Å². The van der Waals surface area contributed by atoms with E-state index < -0.39 is 0 Å². The van der Waals surface area contributed by atoms with E-state index in [1.165, 1.54) is 11.1 Å². The maximum Gasteiger partial charge on any atom is 0.133 e. The zero-order valence-corrected chi connectivity index (χ0v) is 7.42. The smallest absolute Gasteiger partial charge is 0.133 e. The van der Waals surface area contributed by atoms with Crippen molar-refractivity contribution in [3.63, 3.8) is 0 Å². The minimum absolute atomic E-state index is 0.952. The lowest BCUT2D eigenvalue weighted by Crippen LogP contribution is -1.86. The summed E-state index contributed by atoms with van der Waals surface area (Å²) in [5.74, 6) is 2.13. The van der Waals surface area contributed by atoms with Crippen molar-refractivity contribution in [2.45, 2.75) is 20.3 Å². The molecule has 1 aliphatic heterocycles. The highest BCUT2D eigenvalue weighted by molar-refractivity contribution is 5.47. The first-order valence-corrected chi connectivity index (χ1v) is 4.23. The number of aryl methyl sites for hydroxylation is 1. The first-order valence-electron chi connectivity index (χ1n) is 4.23. The zero-order chi connectivity index (χ0) is 8.55. The van der Waals surface area contributed by atoms with Crippen molar-refractivity contribution in [1.29, 1.82) is 0 Å². The number of hydrogen-bond acceptors (Lipinski definition) is 1. The van der Waals surface area contributed by atoms with Gasteiger partial charge in [-0.15, -0.1) is 0 Å². The molecule has 0 amide bonds. The number of benzene rings is 1. The van der Waals surface area contributed by atoms with Crippen LogP contribution in [0.15, 0.2) is 30.0 Å². The van der Waals surface area contributed by atoms with Gasteiger partial charge in [0, 0.05) is 12.0 Å². The van der Waals surface area contributed by atoms with Crippen LogP contribution in [0.4, 0.5) is 0 Å². The molecule has 0 atom stereocenters. The molecule has 1 heteroatoms. The van der Waals surface area contributed by atoms with Crippen molar-refractivity contribution in [2.75, 3.05) is 0 Å². The van der Waals surface area contributed by atoms with Crippen LogP contribution in [-0.2, 0) is 6.42 Å². The molecule has 1 nitrogen and oxygen atoms in total. The molecule has 0 spiro atoms. The molecular weight excluding hydrogens is 148 g/mol. The molecular formula is C11H12O. The van der Waals surface area contributed by atoms with E-state index in [2.05, 4.69) is 25.1 Å². The molecule has 1 heterocycles. The predicted molar refractivity (Wildman–Crippen MR) is 49.3 cm³/mol.